The normalized spacial score (nSPS) is 21.8. The van der Waals surface area contributed by atoms with Crippen molar-refractivity contribution in [1.82, 2.24) is 4.90 Å². The molecule has 7 heteroatoms. The smallest absolute Gasteiger partial charge is 0.417 e. The molecule has 2 amide bonds. The highest BCUT2D eigenvalue weighted by Gasteiger charge is 2.56. The maximum Gasteiger partial charge on any atom is 0.417 e. The second-order valence-electron chi connectivity index (χ2n) is 7.37. The number of hydrogen-bond acceptors (Lipinski definition) is 5. The number of oxime groups is 1. The highest BCUT2D eigenvalue weighted by Crippen LogP contribution is 2.39. The van der Waals surface area contributed by atoms with Gasteiger partial charge in [0.2, 0.25) is 6.10 Å². The molecule has 0 saturated carbocycles. The quantitative estimate of drug-likeness (QED) is 0.824. The Labute approximate surface area is 151 Å². The molecule has 26 heavy (non-hydrogen) atoms. The summed E-state index contributed by atoms with van der Waals surface area (Å²) in [5.41, 5.74) is 0.524. The summed E-state index contributed by atoms with van der Waals surface area (Å²) in [6, 6.07) is 5.82. The third-order valence-electron chi connectivity index (χ3n) is 5.37. The molecule has 1 aromatic rings. The summed E-state index contributed by atoms with van der Waals surface area (Å²) in [4.78, 5) is 32.0. The van der Waals surface area contributed by atoms with Gasteiger partial charge in [0.05, 0.1) is 11.3 Å². The van der Waals surface area contributed by atoms with Crippen LogP contribution >= 0.6 is 0 Å². The van der Waals surface area contributed by atoms with Gasteiger partial charge in [-0.1, -0.05) is 45.0 Å². The van der Waals surface area contributed by atoms with Crippen LogP contribution in [-0.4, -0.2) is 40.9 Å². The van der Waals surface area contributed by atoms with Crippen LogP contribution in [-0.2, 0) is 14.4 Å². The number of carbonyl (C=O) groups is 2. The number of imide groups is 1. The van der Waals surface area contributed by atoms with Crippen molar-refractivity contribution in [3.05, 3.63) is 35.6 Å². The van der Waals surface area contributed by atoms with Crippen molar-refractivity contribution in [2.45, 2.75) is 45.8 Å². The molecule has 6 nitrogen and oxygen atoms in total. The van der Waals surface area contributed by atoms with Crippen LogP contribution in [0, 0.1) is 17.7 Å². The molecule has 0 aliphatic carbocycles. The molecule has 1 aromatic carbocycles. The van der Waals surface area contributed by atoms with Crippen molar-refractivity contribution in [2.75, 3.05) is 6.61 Å². The van der Waals surface area contributed by atoms with Gasteiger partial charge in [-0.3, -0.25) is 4.79 Å². The fraction of sp³-hybridized carbons (Fsp3) is 0.526. The third kappa shape index (κ3) is 2.85. The number of halogens is 1. The average Bonchev–Trinajstić information content (AvgIpc) is 3.20. The molecular weight excluding hydrogens is 339 g/mol. The number of carbonyl (C=O) groups excluding carboxylic acids is 2. The first kappa shape index (κ1) is 18.4. The zero-order chi connectivity index (χ0) is 19.1. The second-order valence-corrected chi connectivity index (χ2v) is 7.37. The van der Waals surface area contributed by atoms with E-state index in [1.165, 1.54) is 17.0 Å². The van der Waals surface area contributed by atoms with E-state index < -0.39 is 23.6 Å². The number of ether oxygens (including phenoxy) is 1. The maximum absolute atomic E-state index is 13.1. The predicted molar refractivity (Wildman–Crippen MR) is 93.0 cm³/mol. The Balaban J connectivity index is 1.81. The minimum absolute atomic E-state index is 0.0248. The van der Waals surface area contributed by atoms with E-state index in [4.69, 9.17) is 9.57 Å². The largest absolute Gasteiger partial charge is 0.447 e. The Bertz CT molecular complexity index is 734. The van der Waals surface area contributed by atoms with E-state index in [-0.39, 0.29) is 30.7 Å². The molecule has 3 rings (SSSR count). The summed E-state index contributed by atoms with van der Waals surface area (Å²) >= 11 is 0. The fourth-order valence-electron chi connectivity index (χ4n) is 3.75. The highest BCUT2D eigenvalue weighted by molar-refractivity contribution is 6.06. The Hall–Kier alpha value is -2.44. The van der Waals surface area contributed by atoms with Gasteiger partial charge in [0.1, 0.15) is 12.4 Å². The van der Waals surface area contributed by atoms with Gasteiger partial charge in [0.25, 0.3) is 5.91 Å². The number of amides is 2. The van der Waals surface area contributed by atoms with Crippen LogP contribution in [0.25, 0.3) is 0 Å². The molecule has 0 spiro atoms. The number of cyclic esters (lactones) is 1. The topological polar surface area (TPSA) is 68.2 Å². The molecule has 2 aliphatic heterocycles. The van der Waals surface area contributed by atoms with Gasteiger partial charge >= 0.3 is 6.09 Å². The maximum atomic E-state index is 13.1. The van der Waals surface area contributed by atoms with Crippen molar-refractivity contribution in [1.29, 1.82) is 0 Å². The zero-order valence-corrected chi connectivity index (χ0v) is 15.4. The van der Waals surface area contributed by atoms with Crippen LogP contribution in [0.2, 0.25) is 0 Å². The van der Waals surface area contributed by atoms with Crippen molar-refractivity contribution in [3.8, 4) is 0 Å². The first-order valence-corrected chi connectivity index (χ1v) is 8.76. The molecule has 0 aromatic heterocycles. The lowest BCUT2D eigenvalue weighted by atomic mass is 9.76. The van der Waals surface area contributed by atoms with Crippen LogP contribution in [0.4, 0.5) is 9.18 Å². The van der Waals surface area contributed by atoms with Gasteiger partial charge in [0, 0.05) is 6.42 Å². The molecule has 2 aliphatic rings. The molecule has 2 heterocycles. The lowest BCUT2D eigenvalue weighted by Crippen LogP contribution is -2.59. The summed E-state index contributed by atoms with van der Waals surface area (Å²) in [6.45, 7) is 8.05. The third-order valence-corrected chi connectivity index (χ3v) is 5.37. The van der Waals surface area contributed by atoms with E-state index in [2.05, 4.69) is 5.16 Å². The predicted octanol–water partition coefficient (Wildman–Crippen LogP) is 3.35. The molecule has 140 valence electrons. The van der Waals surface area contributed by atoms with Crippen LogP contribution in [0.3, 0.4) is 0 Å². The molecular formula is C19H23FN2O4. The first-order valence-electron chi connectivity index (χ1n) is 8.76. The fourth-order valence-corrected chi connectivity index (χ4v) is 3.75. The second kappa shape index (κ2) is 6.70. The lowest BCUT2D eigenvalue weighted by Gasteiger charge is -2.41. The average molecular weight is 362 g/mol. The Morgan fingerprint density at radius 3 is 2.42 bits per heavy atom. The van der Waals surface area contributed by atoms with Gasteiger partial charge in [-0.25, -0.2) is 14.1 Å². The summed E-state index contributed by atoms with van der Waals surface area (Å²) in [5.74, 6) is -0.747. The summed E-state index contributed by atoms with van der Waals surface area (Å²) in [7, 11) is 0. The van der Waals surface area contributed by atoms with Gasteiger partial charge in [-0.15, -0.1) is 0 Å². The molecule has 0 N–H and O–H groups in total. The van der Waals surface area contributed by atoms with E-state index in [9.17, 15) is 14.0 Å². The van der Waals surface area contributed by atoms with Crippen LogP contribution in [0.5, 0.6) is 0 Å². The number of nitrogens with zero attached hydrogens (tertiary/aromatic N) is 2. The van der Waals surface area contributed by atoms with E-state index in [0.29, 0.717) is 11.3 Å². The number of hydrogen-bond donors (Lipinski definition) is 0. The van der Waals surface area contributed by atoms with Gasteiger partial charge in [-0.2, -0.15) is 0 Å². The zero-order valence-electron chi connectivity index (χ0n) is 15.4. The Morgan fingerprint density at radius 1 is 1.23 bits per heavy atom. The van der Waals surface area contributed by atoms with E-state index >= 15 is 0 Å². The minimum Gasteiger partial charge on any atom is -0.447 e. The van der Waals surface area contributed by atoms with Gasteiger partial charge in [-0.05, 0) is 29.5 Å². The van der Waals surface area contributed by atoms with Crippen LogP contribution < -0.4 is 0 Å². The van der Waals surface area contributed by atoms with Crippen LogP contribution in [0.15, 0.2) is 29.4 Å². The molecule has 1 unspecified atom stereocenters. The molecule has 1 fully saturated rings. The molecule has 1 atom stereocenters. The molecule has 1 saturated heterocycles. The molecule has 0 radical (unpaired) electrons. The summed E-state index contributed by atoms with van der Waals surface area (Å²) in [6.07, 6.45) is -1.31. The van der Waals surface area contributed by atoms with Crippen molar-refractivity contribution >= 4 is 17.7 Å². The Kier molecular flexibility index (Phi) is 4.73. The van der Waals surface area contributed by atoms with Crippen molar-refractivity contribution in [3.63, 3.8) is 0 Å². The van der Waals surface area contributed by atoms with E-state index in [0.717, 1.165) is 0 Å². The highest BCUT2D eigenvalue weighted by atomic mass is 19.1. The lowest BCUT2D eigenvalue weighted by molar-refractivity contribution is -0.145. The van der Waals surface area contributed by atoms with Crippen LogP contribution in [0.1, 0.15) is 39.7 Å². The first-order chi connectivity index (χ1) is 12.3. The van der Waals surface area contributed by atoms with E-state index in [1.54, 1.807) is 12.1 Å². The summed E-state index contributed by atoms with van der Waals surface area (Å²) < 4.78 is 18.3. The molecule has 0 bridgehead atoms. The van der Waals surface area contributed by atoms with Crippen molar-refractivity contribution in [2.24, 2.45) is 17.0 Å². The van der Waals surface area contributed by atoms with E-state index in [1.807, 2.05) is 27.7 Å². The monoisotopic (exact) mass is 362 g/mol. The number of benzene rings is 1. The minimum atomic E-state index is -0.891. The standard InChI is InChI=1S/C19H23FN2O4/c1-11(2)19(12(3)4)10-25-18(24)22(19)17(23)16-9-15(21-26-16)13-5-7-14(20)8-6-13/h5-8,11-12,16H,9-10H2,1-4H3. The van der Waals surface area contributed by atoms with Gasteiger partial charge in [0.15, 0.2) is 0 Å². The number of rotatable bonds is 4. The Morgan fingerprint density at radius 2 is 1.85 bits per heavy atom. The summed E-state index contributed by atoms with van der Waals surface area (Å²) in [5, 5.41) is 3.97. The van der Waals surface area contributed by atoms with Gasteiger partial charge < -0.3 is 9.57 Å². The SMILES string of the molecule is CC(C)C1(C(C)C)COC(=O)N1C(=O)C1CC(c2ccc(F)cc2)=NO1. The van der Waals surface area contributed by atoms with Crippen molar-refractivity contribution < 1.29 is 23.6 Å².